The molecule has 0 saturated heterocycles. The maximum Gasteiger partial charge on any atom is 0.503 e. The van der Waals surface area contributed by atoms with Crippen LogP contribution in [0.5, 0.6) is 5.75 Å². The highest BCUT2D eigenvalue weighted by Gasteiger charge is 2.25. The predicted octanol–water partition coefficient (Wildman–Crippen LogP) is 2.94. The molecule has 0 spiro atoms. The SMILES string of the molecule is CC(N)=C(C=NC(F)(F)F)Oc1c(F)cc(C=O)cc1F. The molecule has 9 heteroatoms. The Bertz CT molecular complexity index is 581. The molecule has 0 radical (unpaired) electrons. The first-order valence-corrected chi connectivity index (χ1v) is 5.34. The van der Waals surface area contributed by atoms with Gasteiger partial charge < -0.3 is 10.5 Å². The van der Waals surface area contributed by atoms with Crippen LogP contribution in [0.4, 0.5) is 22.0 Å². The summed E-state index contributed by atoms with van der Waals surface area (Å²) in [5.74, 6) is -4.20. The van der Waals surface area contributed by atoms with Crippen LogP contribution in [0.25, 0.3) is 0 Å². The normalized spacial score (nSPS) is 13.2. The molecule has 0 aromatic heterocycles. The third-order valence-corrected chi connectivity index (χ3v) is 2.09. The van der Waals surface area contributed by atoms with Crippen LogP contribution < -0.4 is 10.5 Å². The molecule has 114 valence electrons. The molecule has 0 aliphatic carbocycles. The van der Waals surface area contributed by atoms with E-state index < -0.39 is 29.4 Å². The van der Waals surface area contributed by atoms with Gasteiger partial charge in [-0.3, -0.25) is 4.79 Å². The van der Waals surface area contributed by atoms with E-state index in [1.165, 1.54) is 0 Å². The van der Waals surface area contributed by atoms with E-state index in [1.807, 2.05) is 0 Å². The third kappa shape index (κ3) is 4.86. The summed E-state index contributed by atoms with van der Waals surface area (Å²) in [5, 5.41) is 0. The van der Waals surface area contributed by atoms with Crippen LogP contribution in [0, 0.1) is 11.6 Å². The molecule has 0 aliphatic rings. The minimum atomic E-state index is -4.89. The van der Waals surface area contributed by atoms with Gasteiger partial charge in [0.2, 0.25) is 0 Å². The summed E-state index contributed by atoms with van der Waals surface area (Å²) in [4.78, 5) is 12.6. The molecular weight excluding hydrogens is 299 g/mol. The standard InChI is InChI=1S/C12H9F5N2O2/c1-6(18)10(4-19-12(15,16)17)21-11-8(13)2-7(5-20)3-9(11)14/h2-5H,18H2,1H3. The quantitative estimate of drug-likeness (QED) is 0.306. The molecule has 2 N–H and O–H groups in total. The van der Waals surface area contributed by atoms with Gasteiger partial charge in [0.15, 0.2) is 23.1 Å². The maximum atomic E-state index is 13.5. The van der Waals surface area contributed by atoms with E-state index >= 15 is 0 Å². The minimum Gasteiger partial charge on any atom is -0.448 e. The fourth-order valence-corrected chi connectivity index (χ4v) is 1.20. The Kier molecular flexibility index (Phi) is 5.01. The topological polar surface area (TPSA) is 64.7 Å². The van der Waals surface area contributed by atoms with Gasteiger partial charge in [0.05, 0.1) is 6.21 Å². The molecule has 0 unspecified atom stereocenters. The van der Waals surface area contributed by atoms with Gasteiger partial charge in [-0.1, -0.05) is 0 Å². The molecule has 4 nitrogen and oxygen atoms in total. The first-order valence-electron chi connectivity index (χ1n) is 5.34. The van der Waals surface area contributed by atoms with E-state index in [-0.39, 0.29) is 23.8 Å². The molecule has 0 bridgehead atoms. The van der Waals surface area contributed by atoms with Gasteiger partial charge >= 0.3 is 6.30 Å². The Balaban J connectivity index is 3.16. The number of halogens is 5. The molecule has 0 fully saturated rings. The second-order valence-electron chi connectivity index (χ2n) is 3.81. The number of benzene rings is 1. The molecule has 0 heterocycles. The highest BCUT2D eigenvalue weighted by molar-refractivity contribution is 5.78. The van der Waals surface area contributed by atoms with Crippen LogP contribution in [0.1, 0.15) is 17.3 Å². The molecule has 1 rings (SSSR count). The summed E-state index contributed by atoms with van der Waals surface area (Å²) in [6.45, 7) is 1.16. The van der Waals surface area contributed by atoms with Gasteiger partial charge in [-0.05, 0) is 19.1 Å². The molecule has 21 heavy (non-hydrogen) atoms. The number of ether oxygens (including phenoxy) is 1. The number of hydrogen-bond acceptors (Lipinski definition) is 4. The Morgan fingerprint density at radius 1 is 1.29 bits per heavy atom. The summed E-state index contributed by atoms with van der Waals surface area (Å²) in [5.41, 5.74) is 4.69. The lowest BCUT2D eigenvalue weighted by atomic mass is 10.2. The van der Waals surface area contributed by atoms with Crippen molar-refractivity contribution in [3.8, 4) is 5.75 Å². The van der Waals surface area contributed by atoms with Crippen molar-refractivity contribution in [3.05, 3.63) is 40.8 Å². The molecule has 0 saturated carbocycles. The van der Waals surface area contributed by atoms with Crippen LogP contribution in [-0.2, 0) is 0 Å². The number of hydrogen-bond donors (Lipinski definition) is 1. The van der Waals surface area contributed by atoms with E-state index in [0.29, 0.717) is 12.1 Å². The fraction of sp³-hybridized carbons (Fsp3) is 0.167. The lowest BCUT2D eigenvalue weighted by molar-refractivity contribution is -0.119. The highest BCUT2D eigenvalue weighted by atomic mass is 19.4. The average molecular weight is 308 g/mol. The lowest BCUT2D eigenvalue weighted by Crippen LogP contribution is -2.11. The summed E-state index contributed by atoms with van der Waals surface area (Å²) in [6, 6.07) is 1.32. The van der Waals surface area contributed by atoms with Crippen molar-refractivity contribution in [2.45, 2.75) is 13.2 Å². The van der Waals surface area contributed by atoms with Crippen LogP contribution in [0.2, 0.25) is 0 Å². The van der Waals surface area contributed by atoms with Crippen LogP contribution >= 0.6 is 0 Å². The number of aliphatic imine (C=N–C) groups is 1. The molecule has 1 aromatic rings. The van der Waals surface area contributed by atoms with Crippen molar-refractivity contribution in [2.24, 2.45) is 10.7 Å². The monoisotopic (exact) mass is 308 g/mol. The zero-order chi connectivity index (χ0) is 16.2. The number of allylic oxidation sites excluding steroid dienone is 2. The van der Waals surface area contributed by atoms with Crippen molar-refractivity contribution in [1.82, 2.24) is 0 Å². The van der Waals surface area contributed by atoms with Gasteiger partial charge in [-0.25, -0.2) is 8.78 Å². The highest BCUT2D eigenvalue weighted by Crippen LogP contribution is 2.25. The Labute approximate surface area is 115 Å². The lowest BCUT2D eigenvalue weighted by Gasteiger charge is -2.10. The van der Waals surface area contributed by atoms with Crippen molar-refractivity contribution in [3.63, 3.8) is 0 Å². The third-order valence-electron chi connectivity index (χ3n) is 2.09. The maximum absolute atomic E-state index is 13.5. The average Bonchev–Trinajstić information content (AvgIpc) is 2.35. The number of nitrogens with two attached hydrogens (primary N) is 1. The number of nitrogens with zero attached hydrogens (tertiary/aromatic N) is 1. The van der Waals surface area contributed by atoms with E-state index in [2.05, 4.69) is 9.73 Å². The molecular formula is C12H9F5N2O2. The van der Waals surface area contributed by atoms with E-state index in [1.54, 1.807) is 0 Å². The van der Waals surface area contributed by atoms with E-state index in [0.717, 1.165) is 6.92 Å². The van der Waals surface area contributed by atoms with Gasteiger partial charge in [-0.2, -0.15) is 4.99 Å². The number of alkyl halides is 3. The van der Waals surface area contributed by atoms with E-state index in [9.17, 15) is 26.7 Å². The van der Waals surface area contributed by atoms with Crippen molar-refractivity contribution < 1.29 is 31.5 Å². The Hall–Kier alpha value is -2.45. The van der Waals surface area contributed by atoms with Gasteiger partial charge in [-0.15, -0.1) is 13.2 Å². The zero-order valence-electron chi connectivity index (χ0n) is 10.5. The fourth-order valence-electron chi connectivity index (χ4n) is 1.20. The molecule has 0 amide bonds. The Morgan fingerprint density at radius 3 is 2.19 bits per heavy atom. The van der Waals surface area contributed by atoms with Gasteiger partial charge in [0.1, 0.15) is 6.29 Å². The second-order valence-corrected chi connectivity index (χ2v) is 3.81. The number of aldehydes is 1. The van der Waals surface area contributed by atoms with Crippen molar-refractivity contribution in [1.29, 1.82) is 0 Å². The molecule has 0 aliphatic heterocycles. The van der Waals surface area contributed by atoms with Crippen LogP contribution in [-0.4, -0.2) is 18.8 Å². The van der Waals surface area contributed by atoms with Crippen molar-refractivity contribution >= 4 is 12.5 Å². The summed E-state index contributed by atoms with van der Waals surface area (Å²) in [7, 11) is 0. The van der Waals surface area contributed by atoms with Gasteiger partial charge in [0, 0.05) is 11.3 Å². The van der Waals surface area contributed by atoms with Crippen molar-refractivity contribution in [2.75, 3.05) is 0 Å². The second kappa shape index (κ2) is 6.33. The minimum absolute atomic E-state index is 0.196. The Morgan fingerprint density at radius 2 is 1.81 bits per heavy atom. The first kappa shape index (κ1) is 16.6. The zero-order valence-corrected chi connectivity index (χ0v) is 10.5. The molecule has 0 atom stereocenters. The summed E-state index contributed by atoms with van der Waals surface area (Å²) in [6.07, 6.45) is -4.49. The number of rotatable bonds is 4. The van der Waals surface area contributed by atoms with Gasteiger partial charge in [0.25, 0.3) is 0 Å². The summed E-state index contributed by atoms with van der Waals surface area (Å²) >= 11 is 0. The first-order chi connectivity index (χ1) is 9.64. The predicted molar refractivity (Wildman–Crippen MR) is 63.8 cm³/mol. The van der Waals surface area contributed by atoms with Crippen LogP contribution in [0.3, 0.4) is 0 Å². The van der Waals surface area contributed by atoms with E-state index in [4.69, 9.17) is 5.73 Å². The molecule has 1 aromatic carbocycles. The van der Waals surface area contributed by atoms with Crippen LogP contribution in [0.15, 0.2) is 28.6 Å². The number of carbonyl (C=O) groups excluding carboxylic acids is 1. The smallest absolute Gasteiger partial charge is 0.448 e. The number of carbonyl (C=O) groups is 1. The summed E-state index contributed by atoms with van der Waals surface area (Å²) < 4.78 is 67.7. The largest absolute Gasteiger partial charge is 0.503 e.